The molecule has 1 aromatic rings. The van der Waals surface area contributed by atoms with E-state index in [0.29, 0.717) is 0 Å². The van der Waals surface area contributed by atoms with Gasteiger partial charge in [0.2, 0.25) is 5.91 Å². The van der Waals surface area contributed by atoms with Crippen molar-refractivity contribution < 1.29 is 14.3 Å². The Bertz CT molecular complexity index is 392. The van der Waals surface area contributed by atoms with Crippen molar-refractivity contribution in [1.82, 2.24) is 10.6 Å². The lowest BCUT2D eigenvalue weighted by molar-refractivity contribution is -0.117. The van der Waals surface area contributed by atoms with Gasteiger partial charge in [-0.05, 0) is 24.3 Å². The van der Waals surface area contributed by atoms with Crippen molar-refractivity contribution in [2.24, 2.45) is 0 Å². The fourth-order valence-corrected chi connectivity index (χ4v) is 1.74. The number of imide groups is 1. The van der Waals surface area contributed by atoms with Gasteiger partial charge < -0.3 is 10.1 Å². The number of hydrogen-bond donors (Lipinski definition) is 2. The maximum Gasteiger partial charge on any atom is 0.321 e. The summed E-state index contributed by atoms with van der Waals surface area (Å²) in [6.07, 6.45) is 0. The van der Waals surface area contributed by atoms with Crippen LogP contribution in [0, 0.1) is 0 Å². The Hall–Kier alpha value is -1.69. The van der Waals surface area contributed by atoms with Crippen molar-refractivity contribution in [1.29, 1.82) is 0 Å². The Morgan fingerprint density at radius 3 is 2.47 bits per heavy atom. The highest BCUT2D eigenvalue weighted by Gasteiger charge is 2.06. The quantitative estimate of drug-likeness (QED) is 0.793. The average Bonchev–Trinajstić information content (AvgIpc) is 2.36. The number of rotatable bonds is 4. The van der Waals surface area contributed by atoms with Crippen LogP contribution in [0.25, 0.3) is 0 Å². The molecule has 1 rings (SSSR count). The zero-order chi connectivity index (χ0) is 12.7. The highest BCUT2D eigenvalue weighted by atomic mass is 32.2. The predicted octanol–water partition coefficient (Wildman–Crippen LogP) is 1.24. The lowest BCUT2D eigenvalue weighted by Gasteiger charge is -2.04. The number of carbonyl (C=O) groups is 2. The minimum absolute atomic E-state index is 0.194. The summed E-state index contributed by atoms with van der Waals surface area (Å²) in [6, 6.07) is 6.86. The van der Waals surface area contributed by atoms with Crippen LogP contribution in [-0.2, 0) is 4.79 Å². The Labute approximate surface area is 104 Å². The molecule has 0 atom stereocenters. The summed E-state index contributed by atoms with van der Waals surface area (Å²) in [7, 11) is 3.05. The van der Waals surface area contributed by atoms with E-state index in [0.717, 1.165) is 10.6 Å². The number of nitrogens with one attached hydrogen (secondary N) is 2. The van der Waals surface area contributed by atoms with Crippen molar-refractivity contribution in [3.63, 3.8) is 0 Å². The van der Waals surface area contributed by atoms with Crippen molar-refractivity contribution in [2.75, 3.05) is 19.9 Å². The van der Waals surface area contributed by atoms with Crippen molar-refractivity contribution in [3.05, 3.63) is 24.3 Å². The smallest absolute Gasteiger partial charge is 0.321 e. The number of urea groups is 1. The minimum Gasteiger partial charge on any atom is -0.497 e. The van der Waals surface area contributed by atoms with Gasteiger partial charge in [-0.1, -0.05) is 0 Å². The Balaban J connectivity index is 2.39. The summed E-state index contributed by atoms with van der Waals surface area (Å²) in [5.74, 6) is 0.633. The average molecular weight is 254 g/mol. The molecule has 0 aliphatic heterocycles. The Kier molecular flexibility index (Phi) is 5.35. The van der Waals surface area contributed by atoms with Crippen LogP contribution in [0.2, 0.25) is 0 Å². The molecule has 0 heterocycles. The molecule has 6 heteroatoms. The third kappa shape index (κ3) is 4.78. The van der Waals surface area contributed by atoms with E-state index in [-0.39, 0.29) is 11.7 Å². The van der Waals surface area contributed by atoms with Crippen LogP contribution in [0.4, 0.5) is 4.79 Å². The van der Waals surface area contributed by atoms with Crippen LogP contribution in [-0.4, -0.2) is 31.8 Å². The second kappa shape index (κ2) is 6.80. The molecule has 3 amide bonds. The Morgan fingerprint density at radius 2 is 1.94 bits per heavy atom. The first kappa shape index (κ1) is 13.4. The number of hydrogen-bond acceptors (Lipinski definition) is 4. The molecule has 5 nitrogen and oxygen atoms in total. The van der Waals surface area contributed by atoms with Gasteiger partial charge in [0, 0.05) is 11.9 Å². The monoisotopic (exact) mass is 254 g/mol. The summed E-state index contributed by atoms with van der Waals surface area (Å²) >= 11 is 1.35. The predicted molar refractivity (Wildman–Crippen MR) is 66.3 cm³/mol. The molecule has 0 aromatic heterocycles. The van der Waals surface area contributed by atoms with E-state index in [4.69, 9.17) is 4.74 Å². The van der Waals surface area contributed by atoms with E-state index in [1.165, 1.54) is 18.8 Å². The molecule has 0 aliphatic rings. The van der Waals surface area contributed by atoms with E-state index < -0.39 is 6.03 Å². The fraction of sp³-hybridized carbons (Fsp3) is 0.273. The van der Waals surface area contributed by atoms with Gasteiger partial charge in [0.15, 0.2) is 0 Å². The number of benzene rings is 1. The molecule has 2 N–H and O–H groups in total. The van der Waals surface area contributed by atoms with Gasteiger partial charge in [0.1, 0.15) is 5.75 Å². The second-order valence-electron chi connectivity index (χ2n) is 3.09. The van der Waals surface area contributed by atoms with E-state index in [2.05, 4.69) is 10.6 Å². The van der Waals surface area contributed by atoms with Crippen molar-refractivity contribution in [2.45, 2.75) is 4.90 Å². The van der Waals surface area contributed by atoms with Crippen LogP contribution in [0.3, 0.4) is 0 Å². The molecule has 0 spiro atoms. The molecule has 0 fully saturated rings. The molecule has 0 bridgehead atoms. The molecule has 0 radical (unpaired) electrons. The lowest BCUT2D eigenvalue weighted by Crippen LogP contribution is -2.38. The van der Waals surface area contributed by atoms with Crippen LogP contribution in [0.1, 0.15) is 0 Å². The molecule has 92 valence electrons. The second-order valence-corrected chi connectivity index (χ2v) is 4.14. The van der Waals surface area contributed by atoms with Gasteiger partial charge >= 0.3 is 6.03 Å². The highest BCUT2D eigenvalue weighted by Crippen LogP contribution is 2.20. The standard InChI is InChI=1S/C11H14N2O3S/c1-12-11(15)13-10(14)7-17-9-5-3-8(16-2)4-6-9/h3-6H,7H2,1-2H3,(H2,12,13,14,15). The number of methoxy groups -OCH3 is 1. The first-order valence-electron chi connectivity index (χ1n) is 4.94. The Morgan fingerprint density at radius 1 is 1.29 bits per heavy atom. The van der Waals surface area contributed by atoms with Gasteiger partial charge in [-0.15, -0.1) is 11.8 Å². The van der Waals surface area contributed by atoms with Gasteiger partial charge in [0.25, 0.3) is 0 Å². The molecular formula is C11H14N2O3S. The zero-order valence-electron chi connectivity index (χ0n) is 9.65. The molecule has 0 aliphatic carbocycles. The summed E-state index contributed by atoms with van der Waals surface area (Å²) in [5, 5.41) is 4.50. The number of amides is 3. The number of carbonyl (C=O) groups excluding carboxylic acids is 2. The van der Waals surface area contributed by atoms with Crippen molar-refractivity contribution >= 4 is 23.7 Å². The molecular weight excluding hydrogens is 240 g/mol. The molecule has 0 unspecified atom stereocenters. The maximum atomic E-state index is 11.3. The number of thioether (sulfide) groups is 1. The van der Waals surface area contributed by atoms with Crippen LogP contribution < -0.4 is 15.4 Å². The molecule has 0 saturated heterocycles. The summed E-state index contributed by atoms with van der Waals surface area (Å²) < 4.78 is 5.02. The van der Waals surface area contributed by atoms with Gasteiger partial charge in [-0.2, -0.15) is 0 Å². The maximum absolute atomic E-state index is 11.3. The van der Waals surface area contributed by atoms with Crippen LogP contribution in [0.15, 0.2) is 29.2 Å². The third-order valence-electron chi connectivity index (χ3n) is 1.91. The number of ether oxygens (including phenoxy) is 1. The lowest BCUT2D eigenvalue weighted by atomic mass is 10.3. The third-order valence-corrected chi connectivity index (χ3v) is 2.92. The largest absolute Gasteiger partial charge is 0.497 e. The van der Waals surface area contributed by atoms with E-state index in [1.54, 1.807) is 7.11 Å². The molecule has 17 heavy (non-hydrogen) atoms. The topological polar surface area (TPSA) is 67.4 Å². The molecule has 1 aromatic carbocycles. The van der Waals surface area contributed by atoms with E-state index in [1.807, 2.05) is 24.3 Å². The first-order chi connectivity index (χ1) is 8.15. The highest BCUT2D eigenvalue weighted by molar-refractivity contribution is 8.00. The minimum atomic E-state index is -0.495. The van der Waals surface area contributed by atoms with Crippen LogP contribution >= 0.6 is 11.8 Å². The van der Waals surface area contributed by atoms with E-state index >= 15 is 0 Å². The van der Waals surface area contributed by atoms with Gasteiger partial charge in [-0.3, -0.25) is 10.1 Å². The molecule has 0 saturated carbocycles. The van der Waals surface area contributed by atoms with Crippen LogP contribution in [0.5, 0.6) is 5.75 Å². The summed E-state index contributed by atoms with van der Waals surface area (Å²) in [6.45, 7) is 0. The fourth-order valence-electron chi connectivity index (χ4n) is 1.05. The summed E-state index contributed by atoms with van der Waals surface area (Å²) in [5.41, 5.74) is 0. The van der Waals surface area contributed by atoms with Gasteiger partial charge in [-0.25, -0.2) is 4.79 Å². The first-order valence-corrected chi connectivity index (χ1v) is 5.92. The van der Waals surface area contributed by atoms with E-state index in [9.17, 15) is 9.59 Å². The normalized spacial score (nSPS) is 9.53. The zero-order valence-corrected chi connectivity index (χ0v) is 10.5. The van der Waals surface area contributed by atoms with Crippen molar-refractivity contribution in [3.8, 4) is 5.75 Å². The summed E-state index contributed by atoms with van der Waals surface area (Å²) in [4.78, 5) is 23.1. The SMILES string of the molecule is CNC(=O)NC(=O)CSc1ccc(OC)cc1. The van der Waals surface area contributed by atoms with Gasteiger partial charge in [0.05, 0.1) is 12.9 Å².